The van der Waals surface area contributed by atoms with E-state index in [1.165, 1.54) is 17.0 Å². The van der Waals surface area contributed by atoms with Gasteiger partial charge in [-0.15, -0.1) is 0 Å². The molecule has 1 amide bonds. The molecule has 10 heteroatoms. The van der Waals surface area contributed by atoms with Crippen LogP contribution >= 0.6 is 0 Å². The minimum atomic E-state index is -4.46. The third kappa shape index (κ3) is 5.81. The van der Waals surface area contributed by atoms with Crippen LogP contribution in [0.15, 0.2) is 53.1 Å². The van der Waals surface area contributed by atoms with Crippen molar-refractivity contribution in [1.82, 2.24) is 15.0 Å². The Morgan fingerprint density at radius 2 is 1.79 bits per heavy atom. The molecule has 1 spiro atoms. The number of hydrogen-bond acceptors (Lipinski definition) is 6. The predicted octanol–water partition coefficient (Wildman–Crippen LogP) is 8.66. The van der Waals surface area contributed by atoms with Gasteiger partial charge in [0.1, 0.15) is 22.9 Å². The molecule has 8 rings (SSSR count). The molecular weight excluding hydrogens is 617 g/mol. The summed E-state index contributed by atoms with van der Waals surface area (Å²) >= 11 is 0. The maximum absolute atomic E-state index is 13.9. The molecule has 4 aromatic rings. The van der Waals surface area contributed by atoms with Crippen LogP contribution in [0.2, 0.25) is 0 Å². The van der Waals surface area contributed by atoms with Crippen molar-refractivity contribution < 1.29 is 27.2 Å². The zero-order valence-electron chi connectivity index (χ0n) is 27.5. The number of hydrogen-bond donors (Lipinski definition) is 0. The van der Waals surface area contributed by atoms with E-state index in [0.717, 1.165) is 111 Å². The highest BCUT2D eigenvalue weighted by Crippen LogP contribution is 2.55. The SMILES string of the molecule is CN(C)C(=O)c1cc(OC2CCC2)c2cc(N3CCC4(CC3)CC(Cc3c(-c5ccccc5C(F)(F)F)noc3C3CC3)C4)ccc2n1. The first-order chi connectivity index (χ1) is 23.1. The second-order valence-corrected chi connectivity index (χ2v) is 14.7. The van der Waals surface area contributed by atoms with Gasteiger partial charge in [0.15, 0.2) is 0 Å². The lowest BCUT2D eigenvalue weighted by molar-refractivity contribution is -0.137. The fourth-order valence-electron chi connectivity index (χ4n) is 8.06. The normalized spacial score (nSPS) is 19.7. The van der Waals surface area contributed by atoms with E-state index in [4.69, 9.17) is 9.26 Å². The summed E-state index contributed by atoms with van der Waals surface area (Å²) in [5, 5.41) is 5.17. The van der Waals surface area contributed by atoms with Crippen LogP contribution in [0.3, 0.4) is 0 Å². The highest BCUT2D eigenvalue weighted by atomic mass is 19.4. The van der Waals surface area contributed by atoms with E-state index in [1.54, 1.807) is 26.2 Å². The lowest BCUT2D eigenvalue weighted by atomic mass is 9.56. The zero-order valence-corrected chi connectivity index (χ0v) is 27.5. The fourth-order valence-corrected chi connectivity index (χ4v) is 8.06. The topological polar surface area (TPSA) is 71.7 Å². The largest absolute Gasteiger partial charge is 0.490 e. The van der Waals surface area contributed by atoms with Crippen molar-refractivity contribution >= 4 is 22.5 Å². The van der Waals surface area contributed by atoms with E-state index < -0.39 is 11.7 Å². The number of carbonyl (C=O) groups is 1. The van der Waals surface area contributed by atoms with Gasteiger partial charge < -0.3 is 19.1 Å². The molecule has 1 aliphatic heterocycles. The number of halogens is 3. The Bertz CT molecular complexity index is 1840. The first-order valence-corrected chi connectivity index (χ1v) is 17.3. The average Bonchev–Trinajstić information content (AvgIpc) is 3.80. The van der Waals surface area contributed by atoms with E-state index in [1.807, 2.05) is 6.07 Å². The van der Waals surface area contributed by atoms with Crippen molar-refractivity contribution in [3.05, 3.63) is 71.1 Å². The number of amides is 1. The van der Waals surface area contributed by atoms with Crippen LogP contribution in [0, 0.1) is 11.3 Å². The van der Waals surface area contributed by atoms with Crippen LogP contribution in [0.5, 0.6) is 5.75 Å². The van der Waals surface area contributed by atoms with Gasteiger partial charge in [0, 0.05) is 61.4 Å². The van der Waals surface area contributed by atoms with Crippen molar-refractivity contribution in [1.29, 1.82) is 0 Å². The van der Waals surface area contributed by atoms with Crippen molar-refractivity contribution in [2.24, 2.45) is 11.3 Å². The maximum atomic E-state index is 13.9. The van der Waals surface area contributed by atoms with Crippen LogP contribution in [0.4, 0.5) is 18.9 Å². The van der Waals surface area contributed by atoms with Gasteiger partial charge in [0.05, 0.1) is 17.2 Å². The summed E-state index contributed by atoms with van der Waals surface area (Å²) in [7, 11) is 3.46. The van der Waals surface area contributed by atoms with Crippen LogP contribution < -0.4 is 9.64 Å². The van der Waals surface area contributed by atoms with Gasteiger partial charge in [-0.2, -0.15) is 13.2 Å². The van der Waals surface area contributed by atoms with Crippen LogP contribution in [-0.4, -0.2) is 54.2 Å². The number of aromatic nitrogens is 2. The number of rotatable bonds is 8. The van der Waals surface area contributed by atoms with E-state index in [-0.39, 0.29) is 28.9 Å². The van der Waals surface area contributed by atoms with Crippen LogP contribution in [-0.2, 0) is 12.6 Å². The molecule has 2 aromatic heterocycles. The molecule has 1 saturated heterocycles. The van der Waals surface area contributed by atoms with E-state index in [2.05, 4.69) is 27.2 Å². The molecular formula is C38H41F3N4O3. The number of nitrogens with zero attached hydrogens (tertiary/aromatic N) is 4. The number of piperidine rings is 1. The molecule has 3 aliphatic carbocycles. The lowest BCUT2D eigenvalue weighted by Crippen LogP contribution is -2.47. The molecule has 0 unspecified atom stereocenters. The Morgan fingerprint density at radius 1 is 1.04 bits per heavy atom. The summed E-state index contributed by atoms with van der Waals surface area (Å²) in [6.07, 6.45) is 5.93. The standard InChI is InChI=1S/C38H41F3N4O3/c1-44(2)36(46)32-20-33(47-26-6-5-7-26)28-19-25(12-13-31(28)42-32)45-16-14-37(15-17-45)21-23(22-37)18-29-34(43-48-35(29)24-10-11-24)27-8-3-4-9-30(27)38(39,40)41/h3-4,8-9,12-13,19-20,23-24,26H,5-7,10-11,14-18,21-22H2,1-2H3. The van der Waals surface area contributed by atoms with Gasteiger partial charge in [0.2, 0.25) is 0 Å². The minimum Gasteiger partial charge on any atom is -0.490 e. The highest BCUT2D eigenvalue weighted by molar-refractivity contribution is 5.97. The first kappa shape index (κ1) is 31.2. The zero-order chi connectivity index (χ0) is 33.2. The molecule has 0 atom stereocenters. The Kier molecular flexibility index (Phi) is 7.68. The molecule has 0 bridgehead atoms. The molecule has 4 fully saturated rings. The molecule has 7 nitrogen and oxygen atoms in total. The van der Waals surface area contributed by atoms with Crippen LogP contribution in [0.1, 0.15) is 91.1 Å². The maximum Gasteiger partial charge on any atom is 0.417 e. The summed E-state index contributed by atoms with van der Waals surface area (Å²) in [6.45, 7) is 1.87. The Labute approximate surface area is 278 Å². The van der Waals surface area contributed by atoms with Gasteiger partial charge in [-0.05, 0) is 99.8 Å². The molecule has 252 valence electrons. The number of fused-ring (bicyclic) bond motifs is 1. The molecule has 3 saturated carbocycles. The number of alkyl halides is 3. The molecule has 0 radical (unpaired) electrons. The highest BCUT2D eigenvalue weighted by Gasteiger charge is 2.47. The quantitative estimate of drug-likeness (QED) is 0.189. The van der Waals surface area contributed by atoms with Crippen LogP contribution in [0.25, 0.3) is 22.2 Å². The molecule has 48 heavy (non-hydrogen) atoms. The molecule has 3 heterocycles. The number of carbonyl (C=O) groups excluding carboxylic acids is 1. The third-order valence-electron chi connectivity index (χ3n) is 11.1. The predicted molar refractivity (Wildman–Crippen MR) is 177 cm³/mol. The van der Waals surface area contributed by atoms with Gasteiger partial charge in [-0.25, -0.2) is 4.98 Å². The average molecular weight is 659 g/mol. The number of pyridine rings is 1. The van der Waals surface area contributed by atoms with Crippen molar-refractivity contribution in [2.75, 3.05) is 32.1 Å². The van der Waals surface area contributed by atoms with E-state index in [9.17, 15) is 18.0 Å². The second-order valence-electron chi connectivity index (χ2n) is 14.7. The van der Waals surface area contributed by atoms with Gasteiger partial charge in [-0.1, -0.05) is 23.4 Å². The Balaban J connectivity index is 0.967. The van der Waals surface area contributed by atoms with Gasteiger partial charge in [0.25, 0.3) is 5.91 Å². The number of ether oxygens (including phenoxy) is 1. The lowest BCUT2D eigenvalue weighted by Gasteiger charge is -2.53. The fraction of sp³-hybridized carbons (Fsp3) is 0.500. The summed E-state index contributed by atoms with van der Waals surface area (Å²) in [5.41, 5.74) is 3.25. The molecule has 4 aliphatic rings. The smallest absolute Gasteiger partial charge is 0.417 e. The minimum absolute atomic E-state index is 0.116. The Hall–Kier alpha value is -4.08. The summed E-state index contributed by atoms with van der Waals surface area (Å²) < 4.78 is 53.9. The summed E-state index contributed by atoms with van der Waals surface area (Å²) in [6, 6.07) is 13.8. The summed E-state index contributed by atoms with van der Waals surface area (Å²) in [5.74, 6) is 2.05. The summed E-state index contributed by atoms with van der Waals surface area (Å²) in [4.78, 5) is 21.4. The van der Waals surface area contributed by atoms with Crippen molar-refractivity contribution in [2.45, 2.75) is 82.4 Å². The molecule has 2 aromatic carbocycles. The van der Waals surface area contributed by atoms with E-state index >= 15 is 0 Å². The Morgan fingerprint density at radius 3 is 2.46 bits per heavy atom. The number of benzene rings is 2. The first-order valence-electron chi connectivity index (χ1n) is 17.3. The van der Waals surface area contributed by atoms with Gasteiger partial charge in [-0.3, -0.25) is 4.79 Å². The third-order valence-corrected chi connectivity index (χ3v) is 11.1. The van der Waals surface area contributed by atoms with Crippen molar-refractivity contribution in [3.8, 4) is 17.0 Å². The van der Waals surface area contributed by atoms with E-state index in [0.29, 0.717) is 23.7 Å². The monoisotopic (exact) mass is 658 g/mol. The second kappa shape index (κ2) is 11.8. The molecule has 0 N–H and O–H groups in total. The van der Waals surface area contributed by atoms with Crippen molar-refractivity contribution in [3.63, 3.8) is 0 Å². The van der Waals surface area contributed by atoms with Gasteiger partial charge >= 0.3 is 6.18 Å². The number of anilines is 1.